The van der Waals surface area contributed by atoms with Crippen LogP contribution < -0.4 is 15.8 Å². The zero-order valence-corrected chi connectivity index (χ0v) is 18.0. The number of rotatable bonds is 3. The van der Waals surface area contributed by atoms with Crippen molar-refractivity contribution in [1.82, 2.24) is 10.3 Å². The lowest BCUT2D eigenvalue weighted by atomic mass is 9.82. The van der Waals surface area contributed by atoms with Crippen LogP contribution in [0, 0.1) is 6.92 Å². The molecule has 0 fully saturated rings. The van der Waals surface area contributed by atoms with E-state index in [0.717, 1.165) is 5.56 Å². The lowest BCUT2D eigenvalue weighted by molar-refractivity contribution is -0.169. The van der Waals surface area contributed by atoms with Gasteiger partial charge in [0, 0.05) is 16.8 Å². The fraction of sp³-hybridized carbons (Fsp3) is 0.261. The molecule has 0 radical (unpaired) electrons. The Morgan fingerprint density at radius 1 is 1.26 bits per heavy atom. The number of aliphatic hydroxyl groups is 1. The van der Waals surface area contributed by atoms with Gasteiger partial charge in [-0.25, -0.2) is 4.98 Å². The minimum Gasteiger partial charge on any atom is -0.454 e. The van der Waals surface area contributed by atoms with Crippen molar-refractivity contribution in [2.24, 2.45) is 0 Å². The second kappa shape index (κ2) is 6.38. The lowest BCUT2D eigenvalue weighted by Crippen LogP contribution is -2.60. The van der Waals surface area contributed by atoms with Crippen LogP contribution in [0.3, 0.4) is 0 Å². The van der Waals surface area contributed by atoms with Crippen LogP contribution in [0.4, 0.5) is 5.69 Å². The Labute approximate surface area is 182 Å². The van der Waals surface area contributed by atoms with Gasteiger partial charge in [-0.2, -0.15) is 0 Å². The molecule has 1 aliphatic heterocycles. The number of benzene rings is 2. The van der Waals surface area contributed by atoms with Crippen molar-refractivity contribution in [2.45, 2.75) is 38.0 Å². The summed E-state index contributed by atoms with van der Waals surface area (Å²) in [5.74, 6) is -2.57. The SMILES string of the molecule is Cc1ncsc1C(=O)NC12C(=O)c3c(N)cccc3C1(O)Oc1cc(C(C)C)ccc12. The molecule has 0 spiro atoms. The van der Waals surface area contributed by atoms with E-state index in [-0.39, 0.29) is 22.7 Å². The number of nitrogen functional groups attached to an aromatic ring is 1. The molecule has 2 aliphatic rings. The summed E-state index contributed by atoms with van der Waals surface area (Å²) in [6.07, 6.45) is 0. The number of aryl methyl sites for hydroxylation is 1. The number of thiazole rings is 1. The summed E-state index contributed by atoms with van der Waals surface area (Å²) >= 11 is 1.17. The number of Topliss-reactive ketones (excluding diaryl/α,β-unsaturated/α-hetero) is 1. The van der Waals surface area contributed by atoms with E-state index in [1.54, 1.807) is 42.8 Å². The number of ketones is 1. The summed E-state index contributed by atoms with van der Waals surface area (Å²) in [5.41, 5.74) is 8.35. The van der Waals surface area contributed by atoms with Gasteiger partial charge in [0.05, 0.1) is 16.8 Å². The maximum absolute atomic E-state index is 13.9. The molecule has 4 N–H and O–H groups in total. The van der Waals surface area contributed by atoms with Crippen LogP contribution >= 0.6 is 11.3 Å². The molecule has 2 heterocycles. The number of carbonyl (C=O) groups is 2. The summed E-state index contributed by atoms with van der Waals surface area (Å²) in [4.78, 5) is 31.6. The largest absolute Gasteiger partial charge is 0.454 e. The predicted molar refractivity (Wildman–Crippen MR) is 116 cm³/mol. The Hall–Kier alpha value is -3.23. The molecule has 0 bridgehead atoms. The molecular formula is C23H21N3O4S. The number of nitrogens with two attached hydrogens (primary N) is 1. The van der Waals surface area contributed by atoms with Gasteiger partial charge in [0.15, 0.2) is 0 Å². The molecule has 2 atom stereocenters. The first-order valence-electron chi connectivity index (χ1n) is 9.93. The Morgan fingerprint density at radius 2 is 2.03 bits per heavy atom. The molecule has 3 aromatic rings. The van der Waals surface area contributed by atoms with E-state index in [1.165, 1.54) is 11.3 Å². The van der Waals surface area contributed by atoms with Crippen molar-refractivity contribution >= 4 is 28.7 Å². The van der Waals surface area contributed by atoms with Crippen LogP contribution in [0.5, 0.6) is 5.75 Å². The molecule has 0 saturated heterocycles. The van der Waals surface area contributed by atoms with Gasteiger partial charge >= 0.3 is 0 Å². The molecule has 2 unspecified atom stereocenters. The molecule has 8 heteroatoms. The lowest BCUT2D eigenvalue weighted by Gasteiger charge is -2.34. The second-order valence-corrected chi connectivity index (χ2v) is 9.08. The normalized spacial score (nSPS) is 23.3. The number of amides is 1. The monoisotopic (exact) mass is 435 g/mol. The third kappa shape index (κ3) is 2.40. The number of nitrogens with zero attached hydrogens (tertiary/aromatic N) is 1. The first kappa shape index (κ1) is 19.7. The summed E-state index contributed by atoms with van der Waals surface area (Å²) < 4.78 is 6.07. The zero-order valence-electron chi connectivity index (χ0n) is 17.2. The van der Waals surface area contributed by atoms with Gasteiger partial charge < -0.3 is 20.9 Å². The molecule has 31 heavy (non-hydrogen) atoms. The predicted octanol–water partition coefficient (Wildman–Crippen LogP) is 3.22. The van der Waals surface area contributed by atoms with Crippen LogP contribution in [-0.2, 0) is 11.3 Å². The van der Waals surface area contributed by atoms with Gasteiger partial charge in [-0.15, -0.1) is 11.3 Å². The highest BCUT2D eigenvalue weighted by Crippen LogP contribution is 2.59. The molecule has 1 aliphatic carbocycles. The third-order valence-electron chi connectivity index (χ3n) is 6.12. The van der Waals surface area contributed by atoms with Crippen LogP contribution in [0.2, 0.25) is 0 Å². The number of carbonyl (C=O) groups excluding carboxylic acids is 2. The van der Waals surface area contributed by atoms with E-state index in [9.17, 15) is 14.7 Å². The summed E-state index contributed by atoms with van der Waals surface area (Å²) in [7, 11) is 0. The molecule has 1 aromatic heterocycles. The van der Waals surface area contributed by atoms with E-state index in [0.29, 0.717) is 21.9 Å². The molecule has 1 amide bonds. The van der Waals surface area contributed by atoms with E-state index in [2.05, 4.69) is 10.3 Å². The molecule has 5 rings (SSSR count). The van der Waals surface area contributed by atoms with Crippen LogP contribution in [0.15, 0.2) is 41.9 Å². The summed E-state index contributed by atoms with van der Waals surface area (Å²) in [6, 6.07) is 10.3. The summed E-state index contributed by atoms with van der Waals surface area (Å²) in [5, 5.41) is 14.7. The average Bonchev–Trinajstić information content (AvgIpc) is 3.31. The fourth-order valence-corrected chi connectivity index (χ4v) is 5.19. The van der Waals surface area contributed by atoms with Gasteiger partial charge in [0.2, 0.25) is 11.3 Å². The Bertz CT molecular complexity index is 1270. The third-order valence-corrected chi connectivity index (χ3v) is 7.05. The maximum Gasteiger partial charge on any atom is 0.271 e. The van der Waals surface area contributed by atoms with Crippen LogP contribution in [-0.4, -0.2) is 21.8 Å². The minimum atomic E-state index is -2.12. The highest BCUT2D eigenvalue weighted by atomic mass is 32.1. The Morgan fingerprint density at radius 3 is 2.71 bits per heavy atom. The number of hydrogen-bond acceptors (Lipinski definition) is 7. The highest BCUT2D eigenvalue weighted by Gasteiger charge is 2.72. The van der Waals surface area contributed by atoms with Crippen molar-refractivity contribution in [3.05, 3.63) is 74.7 Å². The minimum absolute atomic E-state index is 0.157. The topological polar surface area (TPSA) is 115 Å². The van der Waals surface area contributed by atoms with Crippen LogP contribution in [0.25, 0.3) is 0 Å². The van der Waals surface area contributed by atoms with E-state index >= 15 is 0 Å². The van der Waals surface area contributed by atoms with Crippen molar-refractivity contribution in [3.63, 3.8) is 0 Å². The van der Waals surface area contributed by atoms with Crippen molar-refractivity contribution in [3.8, 4) is 5.75 Å². The quantitative estimate of drug-likeness (QED) is 0.544. The van der Waals surface area contributed by atoms with Crippen LogP contribution in [0.1, 0.15) is 62.2 Å². The van der Waals surface area contributed by atoms with Gasteiger partial charge in [-0.3, -0.25) is 9.59 Å². The van der Waals surface area contributed by atoms with E-state index in [4.69, 9.17) is 10.5 Å². The molecule has 0 saturated carbocycles. The fourth-order valence-electron chi connectivity index (χ4n) is 4.49. The number of hydrogen-bond donors (Lipinski definition) is 3. The molecule has 158 valence electrons. The van der Waals surface area contributed by atoms with Crippen molar-refractivity contribution < 1.29 is 19.4 Å². The number of aromatic nitrogens is 1. The molecule has 7 nitrogen and oxygen atoms in total. The number of fused-ring (bicyclic) bond motifs is 5. The van der Waals surface area contributed by atoms with E-state index in [1.807, 2.05) is 19.9 Å². The van der Waals surface area contributed by atoms with Gasteiger partial charge in [-0.05, 0) is 30.5 Å². The zero-order chi connectivity index (χ0) is 22.1. The second-order valence-electron chi connectivity index (χ2n) is 8.23. The van der Waals surface area contributed by atoms with Crippen molar-refractivity contribution in [2.75, 3.05) is 5.73 Å². The molecule has 2 aromatic carbocycles. The number of anilines is 1. The first-order chi connectivity index (χ1) is 14.7. The number of ether oxygens (including phenoxy) is 1. The van der Waals surface area contributed by atoms with Crippen molar-refractivity contribution in [1.29, 1.82) is 0 Å². The Kier molecular flexibility index (Phi) is 4.06. The first-order valence-corrected chi connectivity index (χ1v) is 10.8. The standard InChI is InChI=1S/C23H21N3O4S/c1-11(2)13-7-8-14-17(9-13)30-23(29)15-5-4-6-16(24)18(15)20(27)22(14,23)26-21(28)19-12(3)25-10-31-19/h4-11,29H,24H2,1-3H3,(H,26,28). The smallest absolute Gasteiger partial charge is 0.271 e. The van der Waals surface area contributed by atoms with Gasteiger partial charge in [-0.1, -0.05) is 38.1 Å². The average molecular weight is 436 g/mol. The highest BCUT2D eigenvalue weighted by molar-refractivity contribution is 7.11. The van der Waals surface area contributed by atoms with Gasteiger partial charge in [0.1, 0.15) is 10.6 Å². The molecular weight excluding hydrogens is 414 g/mol. The van der Waals surface area contributed by atoms with Gasteiger partial charge in [0.25, 0.3) is 11.7 Å². The maximum atomic E-state index is 13.9. The number of nitrogens with one attached hydrogen (secondary N) is 1. The van der Waals surface area contributed by atoms with E-state index < -0.39 is 23.0 Å². The Balaban J connectivity index is 1.75. The summed E-state index contributed by atoms with van der Waals surface area (Å²) in [6.45, 7) is 5.79.